The lowest BCUT2D eigenvalue weighted by Crippen LogP contribution is -2.20. The first-order valence-electron chi connectivity index (χ1n) is 7.33. The van der Waals surface area contributed by atoms with Crippen LogP contribution in [-0.4, -0.2) is 18.5 Å². The molecular formula is C19H14BrNO3. The van der Waals surface area contributed by atoms with Crippen LogP contribution in [0.4, 0.5) is 5.69 Å². The zero-order valence-corrected chi connectivity index (χ0v) is 14.2. The summed E-state index contributed by atoms with van der Waals surface area (Å²) in [7, 11) is 0. The molecule has 4 nitrogen and oxygen atoms in total. The van der Waals surface area contributed by atoms with E-state index in [0.29, 0.717) is 11.3 Å². The fourth-order valence-corrected chi connectivity index (χ4v) is 2.69. The Hall–Kier alpha value is -2.66. The number of rotatable bonds is 4. The molecule has 5 heteroatoms. The summed E-state index contributed by atoms with van der Waals surface area (Å²) in [6.45, 7) is -0.335. The van der Waals surface area contributed by atoms with Crippen molar-refractivity contribution < 1.29 is 14.3 Å². The van der Waals surface area contributed by atoms with Gasteiger partial charge in [0.1, 0.15) is 0 Å². The van der Waals surface area contributed by atoms with E-state index < -0.39 is 5.97 Å². The van der Waals surface area contributed by atoms with Gasteiger partial charge in [-0.25, -0.2) is 4.79 Å². The molecule has 0 saturated heterocycles. The highest BCUT2D eigenvalue weighted by Gasteiger charge is 2.11. The van der Waals surface area contributed by atoms with Gasteiger partial charge in [0.05, 0.1) is 5.56 Å². The van der Waals surface area contributed by atoms with Crippen LogP contribution in [0.5, 0.6) is 0 Å². The zero-order valence-electron chi connectivity index (χ0n) is 12.7. The summed E-state index contributed by atoms with van der Waals surface area (Å²) in [5.41, 5.74) is 1.06. The summed E-state index contributed by atoms with van der Waals surface area (Å²) in [6, 6.07) is 20.2. The number of halogens is 1. The summed E-state index contributed by atoms with van der Waals surface area (Å²) < 4.78 is 5.93. The number of hydrogen-bond acceptors (Lipinski definition) is 3. The maximum Gasteiger partial charge on any atom is 0.338 e. The molecule has 0 aliphatic heterocycles. The zero-order chi connectivity index (χ0) is 16.9. The van der Waals surface area contributed by atoms with Crippen LogP contribution in [0, 0.1) is 0 Å². The first kappa shape index (κ1) is 16.2. The predicted octanol–water partition coefficient (Wildman–Crippen LogP) is 4.40. The van der Waals surface area contributed by atoms with Crippen molar-refractivity contribution in [3.8, 4) is 0 Å². The Kier molecular flexibility index (Phi) is 4.91. The van der Waals surface area contributed by atoms with Gasteiger partial charge in [0.25, 0.3) is 5.91 Å². The molecule has 24 heavy (non-hydrogen) atoms. The van der Waals surface area contributed by atoms with Crippen LogP contribution in [-0.2, 0) is 9.53 Å². The molecule has 1 N–H and O–H groups in total. The molecule has 3 rings (SSSR count). The van der Waals surface area contributed by atoms with Crippen molar-refractivity contribution in [3.05, 3.63) is 76.8 Å². The third-order valence-corrected chi connectivity index (χ3v) is 3.92. The Morgan fingerprint density at radius 2 is 1.71 bits per heavy atom. The van der Waals surface area contributed by atoms with Crippen LogP contribution < -0.4 is 5.32 Å². The van der Waals surface area contributed by atoms with E-state index in [4.69, 9.17) is 4.74 Å². The number of carbonyl (C=O) groups is 2. The first-order chi connectivity index (χ1) is 11.6. The normalized spacial score (nSPS) is 10.4. The minimum atomic E-state index is -0.523. The van der Waals surface area contributed by atoms with E-state index in [1.807, 2.05) is 36.4 Å². The Bertz CT molecular complexity index is 908. The smallest absolute Gasteiger partial charge is 0.338 e. The van der Waals surface area contributed by atoms with Gasteiger partial charge in [-0.05, 0) is 41.1 Å². The maximum absolute atomic E-state index is 12.1. The van der Waals surface area contributed by atoms with Crippen LogP contribution in [0.25, 0.3) is 10.8 Å². The third-order valence-electron chi connectivity index (χ3n) is 3.43. The van der Waals surface area contributed by atoms with E-state index in [0.717, 1.165) is 15.2 Å². The third kappa shape index (κ3) is 4.00. The molecule has 3 aromatic carbocycles. The molecule has 0 atom stereocenters. The monoisotopic (exact) mass is 383 g/mol. The van der Waals surface area contributed by atoms with Gasteiger partial charge < -0.3 is 10.1 Å². The minimum absolute atomic E-state index is 0.335. The lowest BCUT2D eigenvalue weighted by molar-refractivity contribution is -0.119. The van der Waals surface area contributed by atoms with Gasteiger partial charge >= 0.3 is 5.97 Å². The first-order valence-corrected chi connectivity index (χ1v) is 8.12. The maximum atomic E-state index is 12.1. The van der Waals surface area contributed by atoms with Crippen molar-refractivity contribution in [3.63, 3.8) is 0 Å². The van der Waals surface area contributed by atoms with Crippen molar-refractivity contribution in [1.82, 2.24) is 0 Å². The summed E-state index contributed by atoms with van der Waals surface area (Å²) in [5.74, 6) is -0.910. The summed E-state index contributed by atoms with van der Waals surface area (Å²) >= 11 is 3.33. The number of ether oxygens (including phenoxy) is 1. The Balaban J connectivity index is 1.60. The molecule has 120 valence electrons. The second-order valence-electron chi connectivity index (χ2n) is 5.20. The van der Waals surface area contributed by atoms with Crippen molar-refractivity contribution in [1.29, 1.82) is 0 Å². The number of carbonyl (C=O) groups excluding carboxylic acids is 2. The number of nitrogens with one attached hydrogen (secondary N) is 1. The molecule has 0 bridgehead atoms. The van der Waals surface area contributed by atoms with Gasteiger partial charge in [-0.15, -0.1) is 0 Å². The molecule has 0 fully saturated rings. The van der Waals surface area contributed by atoms with Crippen LogP contribution in [0.15, 0.2) is 71.2 Å². The quantitative estimate of drug-likeness (QED) is 0.679. The lowest BCUT2D eigenvalue weighted by atomic mass is 10.1. The molecule has 0 aliphatic rings. The van der Waals surface area contributed by atoms with Crippen molar-refractivity contribution in [2.75, 3.05) is 11.9 Å². The topological polar surface area (TPSA) is 55.4 Å². The van der Waals surface area contributed by atoms with E-state index in [9.17, 15) is 9.59 Å². The van der Waals surface area contributed by atoms with E-state index >= 15 is 0 Å². The van der Waals surface area contributed by atoms with Gasteiger partial charge in [0, 0.05) is 10.2 Å². The van der Waals surface area contributed by atoms with Crippen molar-refractivity contribution >= 4 is 44.3 Å². The predicted molar refractivity (Wildman–Crippen MR) is 97.0 cm³/mol. The number of hydrogen-bond donors (Lipinski definition) is 1. The number of amides is 1. The average molecular weight is 384 g/mol. The molecule has 3 aromatic rings. The molecular weight excluding hydrogens is 370 g/mol. The molecule has 1 amide bonds. The van der Waals surface area contributed by atoms with Crippen molar-refractivity contribution in [2.24, 2.45) is 0 Å². The van der Waals surface area contributed by atoms with Crippen molar-refractivity contribution in [2.45, 2.75) is 0 Å². The summed E-state index contributed by atoms with van der Waals surface area (Å²) in [6.07, 6.45) is 0. The van der Waals surface area contributed by atoms with E-state index in [1.54, 1.807) is 30.3 Å². The highest BCUT2D eigenvalue weighted by molar-refractivity contribution is 9.10. The molecule has 0 unspecified atom stereocenters. The van der Waals surface area contributed by atoms with Crippen LogP contribution >= 0.6 is 15.9 Å². The van der Waals surface area contributed by atoms with Crippen LogP contribution in [0.2, 0.25) is 0 Å². The number of anilines is 1. The average Bonchev–Trinajstić information content (AvgIpc) is 2.59. The Morgan fingerprint density at radius 3 is 2.50 bits per heavy atom. The van der Waals surface area contributed by atoms with Gasteiger partial charge in [-0.2, -0.15) is 0 Å². The van der Waals surface area contributed by atoms with Crippen LogP contribution in [0.1, 0.15) is 10.4 Å². The fourth-order valence-electron chi connectivity index (χ4n) is 2.29. The summed E-state index contributed by atoms with van der Waals surface area (Å²) in [4.78, 5) is 24.0. The SMILES string of the molecule is O=C(COC(=O)c1ccc2ccccc2c1)Nc1cccc(Br)c1. The Labute approximate surface area is 147 Å². The van der Waals surface area contributed by atoms with E-state index in [2.05, 4.69) is 21.2 Å². The number of fused-ring (bicyclic) bond motifs is 1. The highest BCUT2D eigenvalue weighted by Crippen LogP contribution is 2.17. The van der Waals surface area contributed by atoms with E-state index in [1.165, 1.54) is 0 Å². The number of benzene rings is 3. The standard InChI is InChI=1S/C19H14BrNO3/c20-16-6-3-7-17(11-16)21-18(22)12-24-19(23)15-9-8-13-4-1-2-5-14(13)10-15/h1-11H,12H2,(H,21,22). The van der Waals surface area contributed by atoms with Gasteiger partial charge in [0.15, 0.2) is 6.61 Å². The molecule has 0 aliphatic carbocycles. The molecule has 0 saturated carbocycles. The number of esters is 1. The van der Waals surface area contributed by atoms with Gasteiger partial charge in [0.2, 0.25) is 0 Å². The highest BCUT2D eigenvalue weighted by atomic mass is 79.9. The fraction of sp³-hybridized carbons (Fsp3) is 0.0526. The Morgan fingerprint density at radius 1 is 0.917 bits per heavy atom. The summed E-state index contributed by atoms with van der Waals surface area (Å²) in [5, 5.41) is 4.67. The lowest BCUT2D eigenvalue weighted by Gasteiger charge is -2.07. The minimum Gasteiger partial charge on any atom is -0.452 e. The second-order valence-corrected chi connectivity index (χ2v) is 6.11. The van der Waals surface area contributed by atoms with Gasteiger partial charge in [-0.3, -0.25) is 4.79 Å². The van der Waals surface area contributed by atoms with Gasteiger partial charge in [-0.1, -0.05) is 52.3 Å². The largest absolute Gasteiger partial charge is 0.452 e. The van der Waals surface area contributed by atoms with E-state index in [-0.39, 0.29) is 12.5 Å². The molecule has 0 spiro atoms. The van der Waals surface area contributed by atoms with Crippen LogP contribution in [0.3, 0.4) is 0 Å². The second kappa shape index (κ2) is 7.27. The molecule has 0 radical (unpaired) electrons. The molecule has 0 aromatic heterocycles. The molecule has 0 heterocycles.